The maximum Gasteiger partial charge on any atom is 0.0309 e. The van der Waals surface area contributed by atoms with Gasteiger partial charge in [-0.1, -0.05) is 19.8 Å². The van der Waals surface area contributed by atoms with Crippen LogP contribution in [0.4, 0.5) is 0 Å². The second-order valence-corrected chi connectivity index (χ2v) is 6.93. The Hall–Kier alpha value is -0.0800. The molecule has 1 unspecified atom stereocenters. The third kappa shape index (κ3) is 2.02. The monoisotopic (exact) mass is 222 g/mol. The van der Waals surface area contributed by atoms with Gasteiger partial charge in [0.25, 0.3) is 0 Å². The average molecular weight is 222 g/mol. The number of piperazine rings is 1. The molecule has 1 aliphatic heterocycles. The summed E-state index contributed by atoms with van der Waals surface area (Å²) in [5.74, 6) is 0. The smallest absolute Gasteiger partial charge is 0.0309 e. The van der Waals surface area contributed by atoms with Gasteiger partial charge in [0.15, 0.2) is 0 Å². The van der Waals surface area contributed by atoms with Gasteiger partial charge in [-0.3, -0.25) is 4.90 Å². The second-order valence-electron chi connectivity index (χ2n) is 6.93. The molecule has 0 radical (unpaired) electrons. The minimum absolute atomic E-state index is 0.498. The van der Waals surface area contributed by atoms with Crippen LogP contribution < -0.4 is 5.32 Å². The van der Waals surface area contributed by atoms with Gasteiger partial charge in [-0.25, -0.2) is 0 Å². The molecule has 0 aromatic carbocycles. The van der Waals surface area contributed by atoms with E-state index in [0.29, 0.717) is 11.0 Å². The third-order valence-electron chi connectivity index (χ3n) is 5.15. The molecule has 1 spiro atoms. The standard InChI is InChI=1S/C14H26N2/c1-12-9-15-14(5-3-4-6-14)11-16(12)10-13(2)7-8-13/h12,15H,3-11H2,1-2H3. The van der Waals surface area contributed by atoms with Gasteiger partial charge in [0, 0.05) is 31.2 Å². The summed E-state index contributed by atoms with van der Waals surface area (Å²) in [7, 11) is 0. The molecule has 2 aliphatic carbocycles. The van der Waals surface area contributed by atoms with Gasteiger partial charge in [0.05, 0.1) is 0 Å². The van der Waals surface area contributed by atoms with Crippen molar-refractivity contribution in [2.45, 2.75) is 64.0 Å². The first-order valence-corrected chi connectivity index (χ1v) is 7.10. The number of hydrogen-bond donors (Lipinski definition) is 1. The first kappa shape index (κ1) is 11.0. The predicted molar refractivity (Wildman–Crippen MR) is 67.6 cm³/mol. The van der Waals surface area contributed by atoms with Crippen LogP contribution in [0.1, 0.15) is 52.4 Å². The molecule has 0 bridgehead atoms. The highest BCUT2D eigenvalue weighted by Gasteiger charge is 2.44. The van der Waals surface area contributed by atoms with Gasteiger partial charge in [0.1, 0.15) is 0 Å². The lowest BCUT2D eigenvalue weighted by molar-refractivity contribution is 0.0727. The van der Waals surface area contributed by atoms with E-state index < -0.39 is 0 Å². The highest BCUT2D eigenvalue weighted by atomic mass is 15.3. The Morgan fingerprint density at radius 2 is 1.88 bits per heavy atom. The summed E-state index contributed by atoms with van der Waals surface area (Å²) in [6.07, 6.45) is 8.60. The summed E-state index contributed by atoms with van der Waals surface area (Å²) in [5, 5.41) is 3.84. The third-order valence-corrected chi connectivity index (χ3v) is 5.15. The fraction of sp³-hybridized carbons (Fsp3) is 1.00. The van der Waals surface area contributed by atoms with Crippen LogP contribution in [0.5, 0.6) is 0 Å². The zero-order chi connectivity index (χ0) is 11.2. The van der Waals surface area contributed by atoms with Crippen LogP contribution in [0, 0.1) is 5.41 Å². The number of nitrogens with zero attached hydrogens (tertiary/aromatic N) is 1. The van der Waals surface area contributed by atoms with Crippen molar-refractivity contribution in [1.29, 1.82) is 0 Å². The van der Waals surface area contributed by atoms with Crippen LogP contribution in [0.25, 0.3) is 0 Å². The molecule has 3 fully saturated rings. The van der Waals surface area contributed by atoms with E-state index in [-0.39, 0.29) is 0 Å². The van der Waals surface area contributed by atoms with Crippen LogP contribution >= 0.6 is 0 Å². The van der Waals surface area contributed by atoms with Crippen molar-refractivity contribution in [2.24, 2.45) is 5.41 Å². The maximum absolute atomic E-state index is 3.84. The van der Waals surface area contributed by atoms with Gasteiger partial charge in [-0.05, 0) is 38.0 Å². The summed E-state index contributed by atoms with van der Waals surface area (Å²) < 4.78 is 0. The normalized spacial score (nSPS) is 36.8. The Labute approximate surface area is 99.8 Å². The zero-order valence-corrected chi connectivity index (χ0v) is 10.9. The predicted octanol–water partition coefficient (Wildman–Crippen LogP) is 2.39. The summed E-state index contributed by atoms with van der Waals surface area (Å²) in [4.78, 5) is 2.77. The summed E-state index contributed by atoms with van der Waals surface area (Å²) in [6.45, 7) is 8.71. The number of rotatable bonds is 2. The largest absolute Gasteiger partial charge is 0.308 e. The minimum atomic E-state index is 0.498. The molecule has 2 heteroatoms. The van der Waals surface area contributed by atoms with Gasteiger partial charge >= 0.3 is 0 Å². The molecule has 92 valence electrons. The first-order valence-electron chi connectivity index (χ1n) is 7.10. The highest BCUT2D eigenvalue weighted by molar-refractivity contribution is 5.02. The van der Waals surface area contributed by atoms with Gasteiger partial charge < -0.3 is 5.32 Å². The molecule has 0 aromatic heterocycles. The zero-order valence-electron chi connectivity index (χ0n) is 10.9. The van der Waals surface area contributed by atoms with Crippen molar-refractivity contribution in [2.75, 3.05) is 19.6 Å². The van der Waals surface area contributed by atoms with Crippen molar-refractivity contribution in [3.05, 3.63) is 0 Å². The Morgan fingerprint density at radius 1 is 1.19 bits per heavy atom. The molecule has 16 heavy (non-hydrogen) atoms. The van der Waals surface area contributed by atoms with E-state index in [9.17, 15) is 0 Å². The molecule has 0 aromatic rings. The minimum Gasteiger partial charge on any atom is -0.308 e. The van der Waals surface area contributed by atoms with Crippen LogP contribution in [0.3, 0.4) is 0 Å². The molecule has 1 heterocycles. The van der Waals surface area contributed by atoms with Crippen LogP contribution in [0.15, 0.2) is 0 Å². The molecule has 1 atom stereocenters. The Morgan fingerprint density at radius 3 is 2.50 bits per heavy atom. The van der Waals surface area contributed by atoms with Gasteiger partial charge in [0.2, 0.25) is 0 Å². The fourth-order valence-electron chi connectivity index (χ4n) is 3.55. The van der Waals surface area contributed by atoms with Crippen LogP contribution in [-0.4, -0.2) is 36.1 Å². The molecule has 2 saturated carbocycles. The van der Waals surface area contributed by atoms with Gasteiger partial charge in [-0.15, -0.1) is 0 Å². The Bertz CT molecular complexity index is 264. The van der Waals surface area contributed by atoms with Crippen molar-refractivity contribution < 1.29 is 0 Å². The number of hydrogen-bond acceptors (Lipinski definition) is 2. The van der Waals surface area contributed by atoms with Crippen molar-refractivity contribution in [3.63, 3.8) is 0 Å². The second kappa shape index (κ2) is 3.71. The van der Waals surface area contributed by atoms with E-state index in [1.165, 1.54) is 58.2 Å². The SMILES string of the molecule is CC1CNC2(CCCC2)CN1CC1(C)CC1. The first-order chi connectivity index (χ1) is 7.61. The van der Waals surface area contributed by atoms with E-state index in [1.807, 2.05) is 0 Å². The summed E-state index contributed by atoms with van der Waals surface area (Å²) in [5.41, 5.74) is 1.17. The quantitative estimate of drug-likeness (QED) is 0.772. The molecule has 2 nitrogen and oxygen atoms in total. The van der Waals surface area contributed by atoms with Crippen LogP contribution in [-0.2, 0) is 0 Å². The van der Waals surface area contributed by atoms with E-state index in [0.717, 1.165) is 6.04 Å². The van der Waals surface area contributed by atoms with Crippen molar-refractivity contribution in [1.82, 2.24) is 10.2 Å². The topological polar surface area (TPSA) is 15.3 Å². The highest BCUT2D eigenvalue weighted by Crippen LogP contribution is 2.46. The Kier molecular flexibility index (Phi) is 2.56. The summed E-state index contributed by atoms with van der Waals surface area (Å²) >= 11 is 0. The molecule has 3 aliphatic rings. The molecular weight excluding hydrogens is 196 g/mol. The van der Waals surface area contributed by atoms with Crippen LogP contribution in [0.2, 0.25) is 0 Å². The molecule has 1 N–H and O–H groups in total. The maximum atomic E-state index is 3.84. The number of nitrogens with one attached hydrogen (secondary N) is 1. The van der Waals surface area contributed by atoms with E-state index >= 15 is 0 Å². The lowest BCUT2D eigenvalue weighted by atomic mass is 9.91. The molecular formula is C14H26N2. The summed E-state index contributed by atoms with van der Waals surface area (Å²) in [6, 6.07) is 0.739. The lowest BCUT2D eigenvalue weighted by Gasteiger charge is -2.46. The van der Waals surface area contributed by atoms with Gasteiger partial charge in [-0.2, -0.15) is 0 Å². The lowest BCUT2D eigenvalue weighted by Crippen LogP contribution is -2.63. The van der Waals surface area contributed by atoms with Crippen molar-refractivity contribution >= 4 is 0 Å². The van der Waals surface area contributed by atoms with E-state index in [2.05, 4.69) is 24.1 Å². The van der Waals surface area contributed by atoms with Crippen molar-refractivity contribution in [3.8, 4) is 0 Å². The molecule has 0 amide bonds. The molecule has 3 rings (SSSR count). The molecule has 1 saturated heterocycles. The fourth-order valence-corrected chi connectivity index (χ4v) is 3.55. The average Bonchev–Trinajstić information content (AvgIpc) is 2.80. The van der Waals surface area contributed by atoms with E-state index in [4.69, 9.17) is 0 Å². The Balaban J connectivity index is 1.66. The van der Waals surface area contributed by atoms with E-state index in [1.54, 1.807) is 0 Å².